The van der Waals surface area contributed by atoms with E-state index < -0.39 is 5.97 Å². The van der Waals surface area contributed by atoms with Gasteiger partial charge in [0.1, 0.15) is 13.1 Å². The number of aromatic nitrogens is 1. The van der Waals surface area contributed by atoms with Gasteiger partial charge < -0.3 is 14.8 Å². The Morgan fingerprint density at radius 3 is 2.56 bits per heavy atom. The Labute approximate surface area is 146 Å². The Hall–Kier alpha value is -2.98. The summed E-state index contributed by atoms with van der Waals surface area (Å²) in [5, 5.41) is 12.5. The summed E-state index contributed by atoms with van der Waals surface area (Å²) in [4.78, 5) is 17.9. The Bertz CT molecular complexity index is 993. The van der Waals surface area contributed by atoms with E-state index in [2.05, 4.69) is 13.1 Å². The highest BCUT2D eigenvalue weighted by atomic mass is 16.4. The predicted octanol–water partition coefficient (Wildman–Crippen LogP) is 1.17. The first-order valence-electron chi connectivity index (χ1n) is 8.34. The van der Waals surface area contributed by atoms with E-state index in [9.17, 15) is 9.90 Å². The number of likely N-dealkylation sites (N-methyl/N-ethyl adjacent to an activating group) is 1. The summed E-state index contributed by atoms with van der Waals surface area (Å²) >= 11 is 0. The molecule has 25 heavy (non-hydrogen) atoms. The van der Waals surface area contributed by atoms with Crippen LogP contribution in [0.3, 0.4) is 0 Å². The Kier molecular flexibility index (Phi) is 3.82. The van der Waals surface area contributed by atoms with Crippen LogP contribution < -0.4 is 10.0 Å². The number of hydrogen-bond donors (Lipinski definition) is 1. The van der Waals surface area contributed by atoms with Crippen LogP contribution in [0.1, 0.15) is 27.2 Å². The molecule has 0 aliphatic carbocycles. The minimum atomic E-state index is -1.14. The van der Waals surface area contributed by atoms with Crippen LogP contribution >= 0.6 is 0 Å². The maximum Gasteiger partial charge on any atom is 0.106 e. The second-order valence-electron chi connectivity index (χ2n) is 6.51. The molecule has 1 unspecified atom stereocenters. The molecule has 4 nitrogen and oxygen atoms in total. The van der Waals surface area contributed by atoms with Gasteiger partial charge in [0.15, 0.2) is 0 Å². The molecule has 124 valence electrons. The first-order chi connectivity index (χ1) is 12.1. The number of benzene rings is 2. The van der Waals surface area contributed by atoms with Gasteiger partial charge in [0.2, 0.25) is 0 Å². The standard InChI is InChI=1S/C21H18N2O2/c1-23-12-15(11-14-7-3-2-4-8-14)20-17(13-23)19(21(24)25)16-9-5-6-10-18(16)22-20/h2-11H,12-13H2,1H3,(H,24,25)/b15-11+. The number of carbonyl (C=O) groups is 1. The zero-order chi connectivity index (χ0) is 17.4. The van der Waals surface area contributed by atoms with Crippen LogP contribution in [0.25, 0.3) is 22.6 Å². The van der Waals surface area contributed by atoms with E-state index in [0.29, 0.717) is 17.4 Å². The molecule has 0 amide bonds. The Morgan fingerprint density at radius 1 is 1.08 bits per heavy atom. The minimum Gasteiger partial charge on any atom is -0.545 e. The zero-order valence-corrected chi connectivity index (χ0v) is 14.0. The van der Waals surface area contributed by atoms with E-state index in [1.54, 1.807) is 6.07 Å². The molecule has 0 saturated heterocycles. The molecule has 0 spiro atoms. The van der Waals surface area contributed by atoms with Crippen LogP contribution in [-0.4, -0.2) is 24.5 Å². The van der Waals surface area contributed by atoms with Gasteiger partial charge in [0.05, 0.1) is 24.2 Å². The molecule has 4 rings (SSSR count). The van der Waals surface area contributed by atoms with Crippen LogP contribution in [0.4, 0.5) is 0 Å². The quantitative estimate of drug-likeness (QED) is 0.767. The highest BCUT2D eigenvalue weighted by molar-refractivity contribution is 6.04. The molecule has 0 fully saturated rings. The number of nitrogens with zero attached hydrogens (tertiary/aromatic N) is 1. The first kappa shape index (κ1) is 15.5. The Balaban J connectivity index is 2.00. The van der Waals surface area contributed by atoms with Crippen LogP contribution in [0, 0.1) is 0 Å². The van der Waals surface area contributed by atoms with Crippen molar-refractivity contribution in [3.05, 3.63) is 77.0 Å². The number of hydrogen-bond acceptors (Lipinski definition) is 3. The molecule has 1 aromatic heterocycles. The lowest BCUT2D eigenvalue weighted by atomic mass is 9.92. The lowest BCUT2D eigenvalue weighted by Crippen LogP contribution is -3.08. The average Bonchev–Trinajstić information content (AvgIpc) is 2.60. The van der Waals surface area contributed by atoms with Crippen molar-refractivity contribution < 1.29 is 14.8 Å². The Morgan fingerprint density at radius 2 is 1.80 bits per heavy atom. The molecular weight excluding hydrogens is 312 g/mol. The summed E-state index contributed by atoms with van der Waals surface area (Å²) in [7, 11) is 2.07. The maximum atomic E-state index is 11.9. The van der Waals surface area contributed by atoms with Crippen LogP contribution in [-0.2, 0) is 6.54 Å². The molecule has 1 aliphatic rings. The van der Waals surface area contributed by atoms with Crippen molar-refractivity contribution in [2.45, 2.75) is 6.54 Å². The summed E-state index contributed by atoms with van der Waals surface area (Å²) in [5.41, 5.74) is 4.66. The third-order valence-corrected chi connectivity index (χ3v) is 4.61. The number of pyridine rings is 1. The van der Waals surface area contributed by atoms with Gasteiger partial charge in [-0.15, -0.1) is 0 Å². The molecule has 1 N–H and O–H groups in total. The normalized spacial score (nSPS) is 18.3. The van der Waals surface area contributed by atoms with Crippen LogP contribution in [0.5, 0.6) is 0 Å². The van der Waals surface area contributed by atoms with Crippen molar-refractivity contribution in [3.63, 3.8) is 0 Å². The fourth-order valence-corrected chi connectivity index (χ4v) is 3.57. The van der Waals surface area contributed by atoms with Crippen molar-refractivity contribution in [1.82, 2.24) is 4.98 Å². The van der Waals surface area contributed by atoms with Crippen molar-refractivity contribution >= 4 is 28.5 Å². The lowest BCUT2D eigenvalue weighted by molar-refractivity contribution is -0.887. The molecular formula is C21H18N2O2. The molecule has 1 aliphatic heterocycles. The summed E-state index contributed by atoms with van der Waals surface area (Å²) < 4.78 is 0. The number of rotatable bonds is 2. The van der Waals surface area contributed by atoms with E-state index >= 15 is 0 Å². The number of fused-ring (bicyclic) bond motifs is 2. The SMILES string of the molecule is C[NH+]1C/C(=C\c2ccccc2)c2nc3ccccc3c(C(=O)[O-])c2C1. The van der Waals surface area contributed by atoms with Gasteiger partial charge in [-0.25, -0.2) is 4.98 Å². The zero-order valence-electron chi connectivity index (χ0n) is 14.0. The molecule has 4 heteroatoms. The highest BCUT2D eigenvalue weighted by Gasteiger charge is 2.27. The summed E-state index contributed by atoms with van der Waals surface area (Å²) in [6.45, 7) is 1.43. The van der Waals surface area contributed by atoms with Crippen LogP contribution in [0.15, 0.2) is 54.6 Å². The van der Waals surface area contributed by atoms with Crippen molar-refractivity contribution in [2.24, 2.45) is 0 Å². The molecule has 3 aromatic rings. The fourth-order valence-electron chi connectivity index (χ4n) is 3.57. The van der Waals surface area contributed by atoms with Crippen molar-refractivity contribution in [3.8, 4) is 0 Å². The van der Waals surface area contributed by atoms with E-state index in [4.69, 9.17) is 4.98 Å². The highest BCUT2D eigenvalue weighted by Crippen LogP contribution is 2.29. The van der Waals surface area contributed by atoms with Gasteiger partial charge in [-0.2, -0.15) is 0 Å². The van der Waals surface area contributed by atoms with E-state index in [1.807, 2.05) is 48.5 Å². The predicted molar refractivity (Wildman–Crippen MR) is 95.8 cm³/mol. The number of nitrogens with one attached hydrogen (secondary N) is 1. The van der Waals surface area contributed by atoms with Crippen molar-refractivity contribution in [1.29, 1.82) is 0 Å². The fraction of sp³-hybridized carbons (Fsp3) is 0.143. The summed E-state index contributed by atoms with van der Waals surface area (Å²) in [5.74, 6) is -1.14. The smallest absolute Gasteiger partial charge is 0.106 e. The van der Waals surface area contributed by atoms with Gasteiger partial charge in [0.25, 0.3) is 0 Å². The topological polar surface area (TPSA) is 57.5 Å². The first-order valence-corrected chi connectivity index (χ1v) is 8.34. The third kappa shape index (κ3) is 2.81. The number of carbonyl (C=O) groups excluding carboxylic acids is 1. The number of para-hydroxylation sites is 1. The third-order valence-electron chi connectivity index (χ3n) is 4.61. The molecule has 0 saturated carbocycles. The summed E-state index contributed by atoms with van der Waals surface area (Å²) in [6, 6.07) is 17.4. The number of aromatic carboxylic acids is 1. The van der Waals surface area contributed by atoms with E-state index in [1.165, 1.54) is 4.90 Å². The van der Waals surface area contributed by atoms with Crippen LogP contribution in [0.2, 0.25) is 0 Å². The molecule has 2 aromatic carbocycles. The van der Waals surface area contributed by atoms with E-state index in [-0.39, 0.29) is 5.56 Å². The van der Waals surface area contributed by atoms with Gasteiger partial charge in [-0.1, -0.05) is 48.5 Å². The number of carboxylic acid groups (broad SMARTS) is 1. The minimum absolute atomic E-state index is 0.276. The van der Waals surface area contributed by atoms with Gasteiger partial charge in [-0.3, -0.25) is 0 Å². The van der Waals surface area contributed by atoms with E-state index in [0.717, 1.165) is 28.9 Å². The largest absolute Gasteiger partial charge is 0.545 e. The van der Waals surface area contributed by atoms with Gasteiger partial charge in [0, 0.05) is 22.1 Å². The number of carboxylic acids is 1. The summed E-state index contributed by atoms with van der Waals surface area (Å²) in [6.07, 6.45) is 2.10. The van der Waals surface area contributed by atoms with Crippen molar-refractivity contribution in [2.75, 3.05) is 13.6 Å². The second-order valence-corrected chi connectivity index (χ2v) is 6.51. The van der Waals surface area contributed by atoms with Gasteiger partial charge in [-0.05, 0) is 17.7 Å². The van der Waals surface area contributed by atoms with Gasteiger partial charge >= 0.3 is 0 Å². The molecule has 0 radical (unpaired) electrons. The molecule has 1 atom stereocenters. The average molecular weight is 330 g/mol. The second kappa shape index (κ2) is 6.15. The number of quaternary nitrogens is 1. The molecule has 2 heterocycles. The lowest BCUT2D eigenvalue weighted by Gasteiger charge is -2.27. The maximum absolute atomic E-state index is 11.9. The monoisotopic (exact) mass is 330 g/mol. The molecule has 0 bridgehead atoms.